The number of rotatable bonds is 9. The summed E-state index contributed by atoms with van der Waals surface area (Å²) in [7, 11) is 1.59. The smallest absolute Gasteiger partial charge is 0.248 e. The predicted octanol–water partition coefficient (Wildman–Crippen LogP) is 5.93. The van der Waals surface area contributed by atoms with Gasteiger partial charge in [-0.25, -0.2) is 8.78 Å². The number of alkyl halides is 2. The van der Waals surface area contributed by atoms with Gasteiger partial charge in [0.25, 0.3) is 0 Å². The van der Waals surface area contributed by atoms with Crippen molar-refractivity contribution in [2.45, 2.75) is 79.6 Å². The van der Waals surface area contributed by atoms with Crippen molar-refractivity contribution in [3.05, 3.63) is 0 Å². The Bertz CT molecular complexity index is 207. The van der Waals surface area contributed by atoms with Crippen LogP contribution >= 0.6 is 0 Å². The van der Waals surface area contributed by atoms with E-state index in [0.29, 0.717) is 12.5 Å². The fourth-order valence-corrected chi connectivity index (χ4v) is 2.11. The third kappa shape index (κ3) is 10.3. The van der Waals surface area contributed by atoms with Gasteiger partial charge >= 0.3 is 0 Å². The van der Waals surface area contributed by atoms with E-state index in [1.54, 1.807) is 14.0 Å². The van der Waals surface area contributed by atoms with E-state index in [0.717, 1.165) is 19.3 Å². The minimum atomic E-state index is -2.57. The van der Waals surface area contributed by atoms with Gasteiger partial charge in [-0.1, -0.05) is 54.4 Å². The second-order valence-corrected chi connectivity index (χ2v) is 5.68. The van der Waals surface area contributed by atoms with Crippen molar-refractivity contribution in [2.24, 2.45) is 11.3 Å². The molecule has 0 aromatic heterocycles. The van der Waals surface area contributed by atoms with E-state index >= 15 is 0 Å². The zero-order valence-electron chi connectivity index (χ0n) is 14.0. The standard InChI is InChI=1S/C14H28F2O.C2H6/c1-6-12(3)8-9-13(4,11-17-5)10-14(15,16)7-2;1-2/h12H,6-11H2,1-5H3;1-2H3. The summed E-state index contributed by atoms with van der Waals surface area (Å²) in [5.74, 6) is -1.97. The summed E-state index contributed by atoms with van der Waals surface area (Å²) in [5.41, 5.74) is -0.405. The molecule has 0 saturated heterocycles. The van der Waals surface area contributed by atoms with Gasteiger partial charge in [0.05, 0.1) is 6.61 Å². The van der Waals surface area contributed by atoms with Crippen LogP contribution in [0.5, 0.6) is 0 Å². The Labute approximate surface area is 119 Å². The average molecular weight is 280 g/mol. The van der Waals surface area contributed by atoms with E-state index in [1.807, 2.05) is 20.8 Å². The zero-order valence-corrected chi connectivity index (χ0v) is 14.0. The first-order chi connectivity index (χ1) is 8.78. The van der Waals surface area contributed by atoms with Crippen LogP contribution in [0.15, 0.2) is 0 Å². The Morgan fingerprint density at radius 2 is 1.68 bits per heavy atom. The normalized spacial score (nSPS) is 16.3. The number of hydrogen-bond donors (Lipinski definition) is 0. The first-order valence-electron chi connectivity index (χ1n) is 7.65. The van der Waals surface area contributed by atoms with E-state index < -0.39 is 11.3 Å². The van der Waals surface area contributed by atoms with Crippen molar-refractivity contribution in [2.75, 3.05) is 13.7 Å². The van der Waals surface area contributed by atoms with Crippen LogP contribution in [0, 0.1) is 11.3 Å². The van der Waals surface area contributed by atoms with Crippen molar-refractivity contribution < 1.29 is 13.5 Å². The summed E-state index contributed by atoms with van der Waals surface area (Å²) in [6.45, 7) is 12.2. The van der Waals surface area contributed by atoms with Crippen LogP contribution in [0.2, 0.25) is 0 Å². The maximum atomic E-state index is 13.5. The molecule has 0 fully saturated rings. The molecule has 0 aliphatic carbocycles. The third-order valence-corrected chi connectivity index (χ3v) is 3.63. The summed E-state index contributed by atoms with van der Waals surface area (Å²) in [6, 6.07) is 0. The highest BCUT2D eigenvalue weighted by Crippen LogP contribution is 2.39. The Morgan fingerprint density at radius 3 is 2.05 bits per heavy atom. The second kappa shape index (κ2) is 10.6. The van der Waals surface area contributed by atoms with E-state index in [4.69, 9.17) is 4.74 Å². The Hall–Kier alpha value is -0.180. The molecular weight excluding hydrogens is 246 g/mol. The van der Waals surface area contributed by atoms with E-state index in [2.05, 4.69) is 13.8 Å². The van der Waals surface area contributed by atoms with Crippen LogP contribution in [0.25, 0.3) is 0 Å². The molecule has 3 heteroatoms. The van der Waals surface area contributed by atoms with Crippen LogP contribution in [-0.4, -0.2) is 19.6 Å². The van der Waals surface area contributed by atoms with E-state index in [-0.39, 0.29) is 12.8 Å². The van der Waals surface area contributed by atoms with Crippen LogP contribution < -0.4 is 0 Å². The van der Waals surface area contributed by atoms with Gasteiger partial charge in [0.1, 0.15) is 0 Å². The fourth-order valence-electron chi connectivity index (χ4n) is 2.11. The third-order valence-electron chi connectivity index (χ3n) is 3.63. The van der Waals surface area contributed by atoms with E-state index in [1.165, 1.54) is 0 Å². The largest absolute Gasteiger partial charge is 0.384 e. The summed E-state index contributed by atoms with van der Waals surface area (Å²) in [6.07, 6.45) is 2.76. The number of halogens is 2. The summed E-state index contributed by atoms with van der Waals surface area (Å²) in [4.78, 5) is 0. The molecule has 0 aromatic carbocycles. The van der Waals surface area contributed by atoms with Gasteiger partial charge in [0, 0.05) is 20.0 Å². The molecule has 0 aromatic rings. The second-order valence-electron chi connectivity index (χ2n) is 5.68. The molecule has 118 valence electrons. The first-order valence-corrected chi connectivity index (χ1v) is 7.65. The SMILES string of the molecule is CC.CCC(C)CCC(C)(COC)CC(F)(F)CC. The molecule has 0 spiro atoms. The lowest BCUT2D eigenvalue weighted by atomic mass is 9.78. The quantitative estimate of drug-likeness (QED) is 0.509. The lowest BCUT2D eigenvalue weighted by Crippen LogP contribution is -2.32. The van der Waals surface area contributed by atoms with Crippen molar-refractivity contribution in [3.63, 3.8) is 0 Å². The van der Waals surface area contributed by atoms with Crippen LogP contribution in [0.1, 0.15) is 73.6 Å². The molecule has 2 atom stereocenters. The van der Waals surface area contributed by atoms with Crippen molar-refractivity contribution >= 4 is 0 Å². The maximum Gasteiger partial charge on any atom is 0.248 e. The predicted molar refractivity (Wildman–Crippen MR) is 79.9 cm³/mol. The first kappa shape index (κ1) is 21.1. The number of methoxy groups -OCH3 is 1. The van der Waals surface area contributed by atoms with Crippen LogP contribution in [0.3, 0.4) is 0 Å². The summed E-state index contributed by atoms with van der Waals surface area (Å²) < 4.78 is 32.2. The van der Waals surface area contributed by atoms with Gasteiger partial charge in [-0.15, -0.1) is 0 Å². The molecule has 0 bridgehead atoms. The molecular formula is C16H34F2O. The zero-order chi connectivity index (χ0) is 15.5. The minimum absolute atomic E-state index is 0.0687. The molecule has 19 heavy (non-hydrogen) atoms. The Kier molecular flexibility index (Phi) is 11.8. The molecule has 0 aliphatic rings. The Morgan fingerprint density at radius 1 is 1.16 bits per heavy atom. The van der Waals surface area contributed by atoms with Crippen molar-refractivity contribution in [1.82, 2.24) is 0 Å². The number of hydrogen-bond acceptors (Lipinski definition) is 1. The fraction of sp³-hybridized carbons (Fsp3) is 1.00. The number of ether oxygens (including phenoxy) is 1. The van der Waals surface area contributed by atoms with Crippen molar-refractivity contribution in [3.8, 4) is 0 Å². The molecule has 0 rings (SSSR count). The highest BCUT2D eigenvalue weighted by molar-refractivity contribution is 4.81. The van der Waals surface area contributed by atoms with Gasteiger partial charge in [-0.2, -0.15) is 0 Å². The summed E-state index contributed by atoms with van der Waals surface area (Å²) >= 11 is 0. The molecule has 0 heterocycles. The molecule has 0 aliphatic heterocycles. The van der Waals surface area contributed by atoms with Gasteiger partial charge < -0.3 is 4.74 Å². The average Bonchev–Trinajstić information content (AvgIpc) is 2.38. The maximum absolute atomic E-state index is 13.5. The van der Waals surface area contributed by atoms with Gasteiger partial charge in [0.15, 0.2) is 0 Å². The monoisotopic (exact) mass is 280 g/mol. The molecule has 1 nitrogen and oxygen atoms in total. The topological polar surface area (TPSA) is 9.23 Å². The molecule has 0 amide bonds. The molecule has 0 saturated carbocycles. The summed E-state index contributed by atoms with van der Waals surface area (Å²) in [5, 5.41) is 0. The molecule has 0 radical (unpaired) electrons. The van der Waals surface area contributed by atoms with Gasteiger partial charge in [-0.05, 0) is 17.8 Å². The highest BCUT2D eigenvalue weighted by Gasteiger charge is 2.37. The van der Waals surface area contributed by atoms with Crippen molar-refractivity contribution in [1.29, 1.82) is 0 Å². The minimum Gasteiger partial charge on any atom is -0.384 e. The van der Waals surface area contributed by atoms with Gasteiger partial charge in [0.2, 0.25) is 5.92 Å². The van der Waals surface area contributed by atoms with Crippen LogP contribution in [-0.2, 0) is 4.74 Å². The van der Waals surface area contributed by atoms with Gasteiger partial charge in [-0.3, -0.25) is 0 Å². The van der Waals surface area contributed by atoms with E-state index in [9.17, 15) is 8.78 Å². The molecule has 0 N–H and O–H groups in total. The van der Waals surface area contributed by atoms with Crippen LogP contribution in [0.4, 0.5) is 8.78 Å². The lowest BCUT2D eigenvalue weighted by molar-refractivity contribution is -0.0666. The highest BCUT2D eigenvalue weighted by atomic mass is 19.3. The Balaban J connectivity index is 0. The lowest BCUT2D eigenvalue weighted by Gasteiger charge is -2.33. The molecule has 2 unspecified atom stereocenters.